The lowest BCUT2D eigenvalue weighted by atomic mass is 10.2. The number of rotatable bonds is 5. The summed E-state index contributed by atoms with van der Waals surface area (Å²) in [5.74, 6) is 0.191. The molecule has 0 spiro atoms. The number of hydrogen-bond acceptors (Lipinski definition) is 2. The van der Waals surface area contributed by atoms with Crippen LogP contribution in [-0.4, -0.2) is 20.9 Å². The third kappa shape index (κ3) is 4.42. The van der Waals surface area contributed by atoms with E-state index in [1.807, 2.05) is 6.92 Å². The van der Waals surface area contributed by atoms with Crippen molar-refractivity contribution in [3.63, 3.8) is 0 Å². The lowest BCUT2D eigenvalue weighted by molar-refractivity contribution is 0.586. The van der Waals surface area contributed by atoms with Gasteiger partial charge in [-0.15, -0.1) is 0 Å². The van der Waals surface area contributed by atoms with E-state index in [9.17, 15) is 4.39 Å². The van der Waals surface area contributed by atoms with Gasteiger partial charge >= 0.3 is 0 Å². The highest BCUT2D eigenvalue weighted by molar-refractivity contribution is 7.80. The molecular weight excluding hydrogens is 323 g/mol. The molecule has 1 atom stereocenters. The van der Waals surface area contributed by atoms with Gasteiger partial charge in [0.15, 0.2) is 10.9 Å². The molecule has 1 unspecified atom stereocenters. The van der Waals surface area contributed by atoms with Gasteiger partial charge < -0.3 is 10.6 Å². The molecule has 0 radical (unpaired) electrons. The first-order chi connectivity index (χ1) is 10.5. The molecule has 0 saturated heterocycles. The molecule has 1 heterocycles. The van der Waals surface area contributed by atoms with Crippen LogP contribution >= 0.6 is 23.8 Å². The quantitative estimate of drug-likeness (QED) is 0.812. The number of nitrogens with zero attached hydrogens (tertiary/aromatic N) is 2. The van der Waals surface area contributed by atoms with Crippen LogP contribution in [0.15, 0.2) is 30.5 Å². The number of benzene rings is 1. The molecule has 118 valence electrons. The first-order valence-corrected chi connectivity index (χ1v) is 7.82. The maximum atomic E-state index is 13.7. The van der Waals surface area contributed by atoms with Crippen LogP contribution in [-0.2, 0) is 6.54 Å². The molecule has 0 bridgehead atoms. The van der Waals surface area contributed by atoms with Crippen molar-refractivity contribution in [2.24, 2.45) is 0 Å². The lowest BCUT2D eigenvalue weighted by Crippen LogP contribution is -2.35. The van der Waals surface area contributed by atoms with E-state index in [2.05, 4.69) is 22.7 Å². The van der Waals surface area contributed by atoms with Gasteiger partial charge in [-0.2, -0.15) is 5.10 Å². The molecule has 0 amide bonds. The SMILES string of the molecule is CCC(C)NC(=S)Nc1nn(Cc2ccccc2F)cc1Cl. The van der Waals surface area contributed by atoms with E-state index in [-0.39, 0.29) is 11.9 Å². The second-order valence-electron chi connectivity index (χ2n) is 5.02. The van der Waals surface area contributed by atoms with Crippen LogP contribution in [0, 0.1) is 5.82 Å². The fourth-order valence-electron chi connectivity index (χ4n) is 1.83. The van der Waals surface area contributed by atoms with Crippen LogP contribution in [0.1, 0.15) is 25.8 Å². The third-order valence-corrected chi connectivity index (χ3v) is 3.73. The monoisotopic (exact) mass is 340 g/mol. The van der Waals surface area contributed by atoms with Crippen LogP contribution in [0.5, 0.6) is 0 Å². The first-order valence-electron chi connectivity index (χ1n) is 7.03. The normalized spacial score (nSPS) is 12.0. The van der Waals surface area contributed by atoms with E-state index in [0.717, 1.165) is 6.42 Å². The molecule has 22 heavy (non-hydrogen) atoms. The van der Waals surface area contributed by atoms with Gasteiger partial charge in [0.1, 0.15) is 10.8 Å². The fraction of sp³-hybridized carbons (Fsp3) is 0.333. The molecule has 7 heteroatoms. The van der Waals surface area contributed by atoms with Crippen LogP contribution < -0.4 is 10.6 Å². The number of halogens is 2. The topological polar surface area (TPSA) is 41.9 Å². The number of aromatic nitrogens is 2. The summed E-state index contributed by atoms with van der Waals surface area (Å²) in [6.45, 7) is 4.41. The maximum Gasteiger partial charge on any atom is 0.173 e. The predicted octanol–water partition coefficient (Wildman–Crippen LogP) is 3.81. The Morgan fingerprint density at radius 1 is 1.45 bits per heavy atom. The largest absolute Gasteiger partial charge is 0.360 e. The van der Waals surface area contributed by atoms with Crippen LogP contribution in [0.3, 0.4) is 0 Å². The van der Waals surface area contributed by atoms with E-state index < -0.39 is 0 Å². The second-order valence-corrected chi connectivity index (χ2v) is 5.84. The zero-order chi connectivity index (χ0) is 16.1. The third-order valence-electron chi connectivity index (χ3n) is 3.23. The van der Waals surface area contributed by atoms with Crippen molar-refractivity contribution in [3.8, 4) is 0 Å². The summed E-state index contributed by atoms with van der Waals surface area (Å²) in [6.07, 6.45) is 2.60. The van der Waals surface area contributed by atoms with Crippen molar-refractivity contribution in [2.75, 3.05) is 5.32 Å². The number of thiocarbonyl (C=S) groups is 1. The summed E-state index contributed by atoms with van der Waals surface area (Å²) in [6, 6.07) is 6.84. The Kier molecular flexibility index (Phi) is 5.74. The molecule has 4 nitrogen and oxygen atoms in total. The standard InChI is InChI=1S/C15H18ClFN4S/c1-3-10(2)18-15(22)19-14-12(16)9-21(20-14)8-11-6-4-5-7-13(11)17/h4-7,9-10H,3,8H2,1-2H3,(H2,18,19,20,22). The summed E-state index contributed by atoms with van der Waals surface area (Å²) < 4.78 is 15.2. The molecule has 0 fully saturated rings. The van der Waals surface area contributed by atoms with Gasteiger partial charge in [0, 0.05) is 17.8 Å². The van der Waals surface area contributed by atoms with Crippen LogP contribution in [0.25, 0.3) is 0 Å². The highest BCUT2D eigenvalue weighted by atomic mass is 35.5. The van der Waals surface area contributed by atoms with Crippen molar-refractivity contribution in [2.45, 2.75) is 32.9 Å². The molecule has 2 N–H and O–H groups in total. The minimum absolute atomic E-state index is 0.263. The number of hydrogen-bond donors (Lipinski definition) is 2. The van der Waals surface area contributed by atoms with Crippen molar-refractivity contribution < 1.29 is 4.39 Å². The molecule has 2 rings (SSSR count). The smallest absolute Gasteiger partial charge is 0.173 e. The first kappa shape index (κ1) is 16.7. The summed E-state index contributed by atoms with van der Waals surface area (Å²) in [5.41, 5.74) is 0.550. The zero-order valence-electron chi connectivity index (χ0n) is 12.4. The Balaban J connectivity index is 2.05. The average molecular weight is 341 g/mol. The molecular formula is C15H18ClFN4S. The second kappa shape index (κ2) is 7.56. The van der Waals surface area contributed by atoms with Gasteiger partial charge in [0.05, 0.1) is 6.54 Å². The van der Waals surface area contributed by atoms with Gasteiger partial charge in [0.2, 0.25) is 0 Å². The minimum Gasteiger partial charge on any atom is -0.360 e. The number of nitrogens with one attached hydrogen (secondary N) is 2. The Hall–Kier alpha value is -1.66. The van der Waals surface area contributed by atoms with Crippen molar-refractivity contribution >= 4 is 34.7 Å². The van der Waals surface area contributed by atoms with E-state index in [1.54, 1.807) is 29.1 Å². The van der Waals surface area contributed by atoms with Gasteiger partial charge in [-0.3, -0.25) is 4.68 Å². The van der Waals surface area contributed by atoms with Gasteiger partial charge in [-0.1, -0.05) is 36.7 Å². The van der Waals surface area contributed by atoms with Crippen LogP contribution in [0.2, 0.25) is 5.02 Å². The number of anilines is 1. The van der Waals surface area contributed by atoms with Crippen molar-refractivity contribution in [1.29, 1.82) is 0 Å². The van der Waals surface area contributed by atoms with Gasteiger partial charge in [-0.25, -0.2) is 4.39 Å². The van der Waals surface area contributed by atoms with Crippen LogP contribution in [0.4, 0.5) is 10.2 Å². The van der Waals surface area contributed by atoms with Crippen molar-refractivity contribution in [1.82, 2.24) is 15.1 Å². The van der Waals surface area contributed by atoms with Crippen molar-refractivity contribution in [3.05, 3.63) is 46.9 Å². The zero-order valence-corrected chi connectivity index (χ0v) is 14.0. The summed E-state index contributed by atoms with van der Waals surface area (Å²) in [7, 11) is 0. The Morgan fingerprint density at radius 3 is 2.86 bits per heavy atom. The highest BCUT2D eigenvalue weighted by Crippen LogP contribution is 2.20. The summed E-state index contributed by atoms with van der Waals surface area (Å²) in [5, 5.41) is 11.3. The Labute approximate surface area is 139 Å². The predicted molar refractivity (Wildman–Crippen MR) is 91.8 cm³/mol. The molecule has 1 aromatic heterocycles. The molecule has 0 aliphatic carbocycles. The van der Waals surface area contributed by atoms with Gasteiger partial charge in [0.25, 0.3) is 0 Å². The Morgan fingerprint density at radius 2 is 2.18 bits per heavy atom. The van der Waals surface area contributed by atoms with E-state index in [1.165, 1.54) is 6.07 Å². The maximum absolute atomic E-state index is 13.7. The summed E-state index contributed by atoms with van der Waals surface area (Å²) >= 11 is 11.3. The highest BCUT2D eigenvalue weighted by Gasteiger charge is 2.11. The van der Waals surface area contributed by atoms with E-state index in [4.69, 9.17) is 23.8 Å². The molecule has 2 aromatic rings. The minimum atomic E-state index is -0.266. The van der Waals surface area contributed by atoms with Gasteiger partial charge in [-0.05, 0) is 31.6 Å². The Bertz CT molecular complexity index is 659. The fourth-order valence-corrected chi connectivity index (χ4v) is 2.33. The molecule has 0 aliphatic heterocycles. The average Bonchev–Trinajstić information content (AvgIpc) is 2.81. The van der Waals surface area contributed by atoms with E-state index in [0.29, 0.717) is 28.1 Å². The summed E-state index contributed by atoms with van der Waals surface area (Å²) in [4.78, 5) is 0. The molecule has 0 aliphatic rings. The molecule has 1 aromatic carbocycles. The lowest BCUT2D eigenvalue weighted by Gasteiger charge is -2.14. The molecule has 0 saturated carbocycles. The van der Waals surface area contributed by atoms with E-state index >= 15 is 0 Å².